The number of anilines is 1. The highest BCUT2D eigenvalue weighted by molar-refractivity contribution is 9.10. The van der Waals surface area contributed by atoms with Gasteiger partial charge in [0.15, 0.2) is 5.65 Å². The number of nitrogens with zero attached hydrogens (tertiary/aromatic N) is 4. The summed E-state index contributed by atoms with van der Waals surface area (Å²) in [7, 11) is 0. The van der Waals surface area contributed by atoms with E-state index in [1.54, 1.807) is 10.7 Å². The summed E-state index contributed by atoms with van der Waals surface area (Å²) < 4.78 is 2.67. The molecule has 104 valence electrons. The van der Waals surface area contributed by atoms with Gasteiger partial charge in [-0.1, -0.05) is 13.8 Å². The molecule has 2 heterocycles. The maximum Gasteiger partial charge on any atom is 0.171 e. The second-order valence-electron chi connectivity index (χ2n) is 4.38. The molecule has 5 nitrogen and oxygen atoms in total. The number of hydrogen-bond donors (Lipinski definition) is 1. The van der Waals surface area contributed by atoms with Crippen molar-refractivity contribution >= 4 is 27.4 Å². The molecule has 0 aliphatic heterocycles. The molecule has 19 heavy (non-hydrogen) atoms. The fourth-order valence-corrected chi connectivity index (χ4v) is 2.36. The first kappa shape index (κ1) is 14.3. The Balaban J connectivity index is 1.86. The van der Waals surface area contributed by atoms with Crippen LogP contribution < -0.4 is 5.32 Å². The van der Waals surface area contributed by atoms with E-state index < -0.39 is 0 Å². The summed E-state index contributed by atoms with van der Waals surface area (Å²) in [5, 5.41) is 7.53. The van der Waals surface area contributed by atoms with Crippen LogP contribution in [0.25, 0.3) is 5.65 Å². The monoisotopic (exact) mass is 325 g/mol. The van der Waals surface area contributed by atoms with Crippen LogP contribution in [0.1, 0.15) is 20.3 Å². The van der Waals surface area contributed by atoms with Crippen LogP contribution >= 0.6 is 15.9 Å². The second kappa shape index (κ2) is 6.86. The number of hydrogen-bond acceptors (Lipinski definition) is 4. The predicted molar refractivity (Wildman–Crippen MR) is 81.6 cm³/mol. The van der Waals surface area contributed by atoms with Crippen LogP contribution in [-0.4, -0.2) is 45.7 Å². The molecule has 0 aliphatic carbocycles. The molecule has 2 aromatic heterocycles. The molecular weight excluding hydrogens is 306 g/mol. The van der Waals surface area contributed by atoms with Crippen molar-refractivity contribution in [2.75, 3.05) is 31.5 Å². The SMILES string of the molecule is CCN(CC)CCCNc1ccn2ncc(Br)c2n1. The normalized spacial score (nSPS) is 11.4. The Morgan fingerprint density at radius 2 is 2.16 bits per heavy atom. The number of halogens is 1. The van der Waals surface area contributed by atoms with E-state index in [9.17, 15) is 0 Å². The Kier molecular flexibility index (Phi) is 5.15. The highest BCUT2D eigenvalue weighted by atomic mass is 79.9. The van der Waals surface area contributed by atoms with Crippen molar-refractivity contribution in [1.82, 2.24) is 19.5 Å². The van der Waals surface area contributed by atoms with E-state index in [0.717, 1.165) is 48.5 Å². The van der Waals surface area contributed by atoms with Gasteiger partial charge in [0.05, 0.1) is 10.7 Å². The van der Waals surface area contributed by atoms with Gasteiger partial charge in [0.2, 0.25) is 0 Å². The van der Waals surface area contributed by atoms with E-state index in [4.69, 9.17) is 0 Å². The standard InChI is InChI=1S/C13H20BrN5/c1-3-18(4-2)8-5-7-15-12-6-9-19-13(17-12)11(14)10-16-19/h6,9-10H,3-5,7-8H2,1-2H3,(H,15,17). The molecule has 0 bridgehead atoms. The van der Waals surface area contributed by atoms with Gasteiger partial charge in [-0.05, 0) is 48.1 Å². The molecule has 0 aromatic carbocycles. The molecule has 0 spiro atoms. The topological polar surface area (TPSA) is 45.5 Å². The lowest BCUT2D eigenvalue weighted by atomic mass is 10.3. The van der Waals surface area contributed by atoms with Gasteiger partial charge >= 0.3 is 0 Å². The van der Waals surface area contributed by atoms with Crippen LogP contribution in [0, 0.1) is 0 Å². The fraction of sp³-hybridized carbons (Fsp3) is 0.538. The summed E-state index contributed by atoms with van der Waals surface area (Å²) in [6.45, 7) is 8.68. The molecule has 0 saturated carbocycles. The van der Waals surface area contributed by atoms with Crippen molar-refractivity contribution in [3.05, 3.63) is 22.9 Å². The lowest BCUT2D eigenvalue weighted by molar-refractivity contribution is 0.303. The molecule has 0 aliphatic rings. The van der Waals surface area contributed by atoms with Crippen molar-refractivity contribution in [3.63, 3.8) is 0 Å². The van der Waals surface area contributed by atoms with Crippen molar-refractivity contribution < 1.29 is 0 Å². The summed E-state index contributed by atoms with van der Waals surface area (Å²) in [6.07, 6.45) is 4.79. The van der Waals surface area contributed by atoms with E-state index >= 15 is 0 Å². The minimum atomic E-state index is 0.841. The molecule has 0 atom stereocenters. The Morgan fingerprint density at radius 3 is 2.89 bits per heavy atom. The van der Waals surface area contributed by atoms with Crippen LogP contribution in [0.5, 0.6) is 0 Å². The van der Waals surface area contributed by atoms with E-state index in [1.807, 2.05) is 12.3 Å². The van der Waals surface area contributed by atoms with Gasteiger partial charge < -0.3 is 10.2 Å². The minimum absolute atomic E-state index is 0.841. The second-order valence-corrected chi connectivity index (χ2v) is 5.24. The predicted octanol–water partition coefficient (Wildman–Crippen LogP) is 2.64. The first-order chi connectivity index (χ1) is 9.24. The molecular formula is C13H20BrN5. The summed E-state index contributed by atoms with van der Waals surface area (Å²) in [5.74, 6) is 0.897. The van der Waals surface area contributed by atoms with E-state index in [-0.39, 0.29) is 0 Å². The molecule has 2 aromatic rings. The number of rotatable bonds is 7. The number of fused-ring (bicyclic) bond motifs is 1. The molecule has 0 saturated heterocycles. The van der Waals surface area contributed by atoms with Crippen molar-refractivity contribution in [1.29, 1.82) is 0 Å². The third kappa shape index (κ3) is 3.67. The van der Waals surface area contributed by atoms with Gasteiger partial charge in [-0.3, -0.25) is 0 Å². The molecule has 1 N–H and O–H groups in total. The van der Waals surface area contributed by atoms with Crippen LogP contribution in [0.3, 0.4) is 0 Å². The smallest absolute Gasteiger partial charge is 0.171 e. The van der Waals surface area contributed by atoms with Crippen molar-refractivity contribution in [2.45, 2.75) is 20.3 Å². The van der Waals surface area contributed by atoms with E-state index in [1.165, 1.54) is 0 Å². The summed E-state index contributed by atoms with van der Waals surface area (Å²) in [4.78, 5) is 6.94. The number of aromatic nitrogens is 3. The largest absolute Gasteiger partial charge is 0.370 e. The van der Waals surface area contributed by atoms with Crippen LogP contribution in [-0.2, 0) is 0 Å². The third-order valence-corrected chi connectivity index (χ3v) is 3.74. The van der Waals surface area contributed by atoms with Gasteiger partial charge in [-0.15, -0.1) is 0 Å². The minimum Gasteiger partial charge on any atom is -0.370 e. The van der Waals surface area contributed by atoms with Gasteiger partial charge in [0, 0.05) is 12.7 Å². The van der Waals surface area contributed by atoms with Crippen molar-refractivity contribution in [3.8, 4) is 0 Å². The van der Waals surface area contributed by atoms with Gasteiger partial charge in [-0.2, -0.15) is 5.10 Å². The van der Waals surface area contributed by atoms with Crippen LogP contribution in [0.2, 0.25) is 0 Å². The molecule has 6 heteroatoms. The van der Waals surface area contributed by atoms with Gasteiger partial charge in [-0.25, -0.2) is 9.50 Å². The van der Waals surface area contributed by atoms with Gasteiger partial charge in [0.25, 0.3) is 0 Å². The van der Waals surface area contributed by atoms with Gasteiger partial charge in [0.1, 0.15) is 5.82 Å². The Hall–Kier alpha value is -1.14. The molecule has 0 fully saturated rings. The fourth-order valence-electron chi connectivity index (χ4n) is 2.00. The zero-order chi connectivity index (χ0) is 13.7. The summed E-state index contributed by atoms with van der Waals surface area (Å²) in [6, 6.07) is 1.95. The van der Waals surface area contributed by atoms with Crippen LogP contribution in [0.15, 0.2) is 22.9 Å². The maximum absolute atomic E-state index is 4.52. The average molecular weight is 326 g/mol. The first-order valence-electron chi connectivity index (χ1n) is 6.70. The highest BCUT2D eigenvalue weighted by Crippen LogP contribution is 2.16. The summed E-state index contributed by atoms with van der Waals surface area (Å²) >= 11 is 3.44. The Morgan fingerprint density at radius 1 is 1.37 bits per heavy atom. The molecule has 0 amide bonds. The lowest BCUT2D eigenvalue weighted by Gasteiger charge is -2.17. The zero-order valence-corrected chi connectivity index (χ0v) is 13.0. The van der Waals surface area contributed by atoms with E-state index in [0.29, 0.717) is 0 Å². The molecule has 0 radical (unpaired) electrons. The average Bonchev–Trinajstić information content (AvgIpc) is 2.80. The van der Waals surface area contributed by atoms with Crippen LogP contribution in [0.4, 0.5) is 5.82 Å². The Bertz CT molecular complexity index is 521. The first-order valence-corrected chi connectivity index (χ1v) is 7.50. The lowest BCUT2D eigenvalue weighted by Crippen LogP contribution is -2.25. The van der Waals surface area contributed by atoms with Crippen molar-refractivity contribution in [2.24, 2.45) is 0 Å². The summed E-state index contributed by atoms with van der Waals surface area (Å²) in [5.41, 5.74) is 0.841. The van der Waals surface area contributed by atoms with E-state index in [2.05, 4.69) is 50.1 Å². The molecule has 2 rings (SSSR count). The highest BCUT2D eigenvalue weighted by Gasteiger charge is 2.03. The third-order valence-electron chi connectivity index (χ3n) is 3.18. The molecule has 0 unspecified atom stereocenters. The maximum atomic E-state index is 4.52. The number of nitrogens with one attached hydrogen (secondary N) is 1. The zero-order valence-electron chi connectivity index (χ0n) is 11.4. The quantitative estimate of drug-likeness (QED) is 0.795. The Labute approximate surface area is 122 Å².